The van der Waals surface area contributed by atoms with Gasteiger partial charge in [0, 0.05) is 0 Å². The molecule has 0 spiro atoms. The Balaban J connectivity index is 1.97. The van der Waals surface area contributed by atoms with Gasteiger partial charge in [-0.2, -0.15) is 5.10 Å². The van der Waals surface area contributed by atoms with Crippen molar-refractivity contribution in [1.29, 1.82) is 0 Å². The van der Waals surface area contributed by atoms with Crippen molar-refractivity contribution in [1.82, 2.24) is 10.3 Å². The van der Waals surface area contributed by atoms with Crippen LogP contribution >= 0.6 is 0 Å². The number of nitrogens with two attached hydrogens (primary N) is 1. The summed E-state index contributed by atoms with van der Waals surface area (Å²) >= 11 is 0. The fraction of sp³-hybridized carbons (Fsp3) is 0.643. The van der Waals surface area contributed by atoms with Gasteiger partial charge in [0.1, 0.15) is 43.0 Å². The highest BCUT2D eigenvalue weighted by atomic mass is 16.6. The molecular weight excluding hydrogens is 320 g/mol. The van der Waals surface area contributed by atoms with Crippen LogP contribution in [0.2, 0.25) is 0 Å². The number of hydrazone groups is 1. The van der Waals surface area contributed by atoms with Gasteiger partial charge in [-0.15, -0.1) is 0 Å². The van der Waals surface area contributed by atoms with Gasteiger partial charge in [0.15, 0.2) is 6.23 Å². The van der Waals surface area contributed by atoms with Crippen LogP contribution in [0.1, 0.15) is 13.8 Å². The third kappa shape index (κ3) is 3.73. The van der Waals surface area contributed by atoms with Gasteiger partial charge >= 0.3 is 5.97 Å². The number of hydrogen-bond acceptors (Lipinski definition) is 9. The molecule has 0 radical (unpaired) electrons. The van der Waals surface area contributed by atoms with E-state index in [-0.39, 0.29) is 18.3 Å². The molecule has 0 aromatic heterocycles. The van der Waals surface area contributed by atoms with E-state index >= 15 is 0 Å². The van der Waals surface area contributed by atoms with Crippen molar-refractivity contribution in [3.63, 3.8) is 0 Å². The van der Waals surface area contributed by atoms with Crippen LogP contribution in [-0.2, 0) is 19.1 Å². The average molecular weight is 342 g/mol. The summed E-state index contributed by atoms with van der Waals surface area (Å²) in [5, 5.41) is 27.5. The van der Waals surface area contributed by atoms with E-state index in [0.717, 1.165) is 11.2 Å². The second kappa shape index (κ2) is 7.26. The molecule has 10 heteroatoms. The lowest BCUT2D eigenvalue weighted by molar-refractivity contribution is -0.154. The van der Waals surface area contributed by atoms with Crippen molar-refractivity contribution in [2.45, 2.75) is 44.4 Å². The SMILES string of the molecule is C=C1NC(=O)C=NN1[C@@H]1O[C@H](COC(=O)[C@H](N)C(C)C)C(O)[C@@H]1O. The molecule has 1 unspecified atom stereocenters. The summed E-state index contributed by atoms with van der Waals surface area (Å²) in [7, 11) is 0. The number of rotatable bonds is 5. The van der Waals surface area contributed by atoms with Gasteiger partial charge in [0.2, 0.25) is 0 Å². The number of nitrogens with zero attached hydrogens (tertiary/aromatic N) is 2. The molecule has 0 aliphatic carbocycles. The number of esters is 1. The first-order chi connectivity index (χ1) is 11.2. The molecular formula is C14H22N4O6. The lowest BCUT2D eigenvalue weighted by Crippen LogP contribution is -2.47. The van der Waals surface area contributed by atoms with E-state index in [4.69, 9.17) is 15.2 Å². The summed E-state index contributed by atoms with van der Waals surface area (Å²) in [4.78, 5) is 22.9. The van der Waals surface area contributed by atoms with E-state index in [0.29, 0.717) is 0 Å². The predicted molar refractivity (Wildman–Crippen MR) is 82.1 cm³/mol. The van der Waals surface area contributed by atoms with Crippen LogP contribution in [-0.4, -0.2) is 70.5 Å². The van der Waals surface area contributed by atoms with Gasteiger partial charge < -0.3 is 30.7 Å². The zero-order valence-corrected chi connectivity index (χ0v) is 13.5. The topological polar surface area (TPSA) is 147 Å². The summed E-state index contributed by atoms with van der Waals surface area (Å²) in [6.07, 6.45) is -3.69. The fourth-order valence-electron chi connectivity index (χ4n) is 2.24. The lowest BCUT2D eigenvalue weighted by atomic mass is 10.1. The average Bonchev–Trinajstić information content (AvgIpc) is 2.80. The Kier molecular flexibility index (Phi) is 5.54. The maximum Gasteiger partial charge on any atom is 0.323 e. The van der Waals surface area contributed by atoms with Gasteiger partial charge in [-0.3, -0.25) is 9.59 Å². The maximum atomic E-state index is 11.8. The number of amides is 1. The molecule has 24 heavy (non-hydrogen) atoms. The summed E-state index contributed by atoms with van der Waals surface area (Å²) in [6.45, 7) is 6.88. The third-order valence-electron chi connectivity index (χ3n) is 3.80. The maximum absolute atomic E-state index is 11.8. The van der Waals surface area contributed by atoms with E-state index in [9.17, 15) is 19.8 Å². The zero-order chi connectivity index (χ0) is 18.0. The van der Waals surface area contributed by atoms with Crippen LogP contribution in [0.5, 0.6) is 0 Å². The summed E-state index contributed by atoms with van der Waals surface area (Å²) in [6, 6.07) is -0.786. The van der Waals surface area contributed by atoms with E-state index in [1.165, 1.54) is 0 Å². The Morgan fingerprint density at radius 2 is 2.21 bits per heavy atom. The Bertz CT molecular complexity index is 551. The summed E-state index contributed by atoms with van der Waals surface area (Å²) < 4.78 is 10.5. The second-order valence-electron chi connectivity index (χ2n) is 5.97. The predicted octanol–water partition coefficient (Wildman–Crippen LogP) is -2.15. The number of carbonyl (C=O) groups excluding carboxylic acids is 2. The van der Waals surface area contributed by atoms with E-state index < -0.39 is 42.5 Å². The van der Waals surface area contributed by atoms with Crippen LogP contribution in [0.4, 0.5) is 0 Å². The molecule has 10 nitrogen and oxygen atoms in total. The standard InChI is InChI=1S/C14H22N4O6/c1-6(2)10(15)14(22)23-5-8-11(20)12(21)13(24-8)18-7(3)17-9(19)4-16-18/h4,6,8,10-13,20-21H,3,5,15H2,1-2H3,(H,17,19)/t8-,10-,11?,12+,13-/m1/s1. The van der Waals surface area contributed by atoms with Gasteiger partial charge in [-0.05, 0) is 5.92 Å². The molecule has 5 atom stereocenters. The third-order valence-corrected chi connectivity index (χ3v) is 3.80. The highest BCUT2D eigenvalue weighted by molar-refractivity contribution is 6.27. The first kappa shape index (κ1) is 18.3. The zero-order valence-electron chi connectivity index (χ0n) is 13.5. The minimum atomic E-state index is -1.34. The van der Waals surface area contributed by atoms with Crippen LogP contribution in [0.3, 0.4) is 0 Å². The van der Waals surface area contributed by atoms with Crippen molar-refractivity contribution in [3.05, 3.63) is 12.4 Å². The van der Waals surface area contributed by atoms with Crippen molar-refractivity contribution in [2.24, 2.45) is 16.8 Å². The molecule has 0 bridgehead atoms. The molecule has 134 valence electrons. The number of hydrogen-bond donors (Lipinski definition) is 4. The van der Waals surface area contributed by atoms with E-state index in [1.54, 1.807) is 13.8 Å². The molecule has 1 saturated heterocycles. The van der Waals surface area contributed by atoms with Gasteiger partial charge in [-0.1, -0.05) is 20.4 Å². The molecule has 1 fully saturated rings. The second-order valence-corrected chi connectivity index (χ2v) is 5.97. The number of aliphatic hydroxyl groups is 2. The number of aliphatic hydroxyl groups excluding tert-OH is 2. The fourth-order valence-corrected chi connectivity index (χ4v) is 2.24. The summed E-state index contributed by atoms with van der Waals surface area (Å²) in [5.74, 6) is -1.08. The molecule has 2 heterocycles. The smallest absolute Gasteiger partial charge is 0.323 e. The largest absolute Gasteiger partial charge is 0.462 e. The van der Waals surface area contributed by atoms with Crippen LogP contribution in [0.15, 0.2) is 17.5 Å². The molecule has 1 amide bonds. The lowest BCUT2D eigenvalue weighted by Gasteiger charge is -2.30. The van der Waals surface area contributed by atoms with Crippen molar-refractivity contribution >= 4 is 18.1 Å². The van der Waals surface area contributed by atoms with Crippen LogP contribution in [0.25, 0.3) is 0 Å². The molecule has 5 N–H and O–H groups in total. The van der Waals surface area contributed by atoms with Crippen LogP contribution in [0, 0.1) is 5.92 Å². The first-order valence-electron chi connectivity index (χ1n) is 7.49. The Morgan fingerprint density at radius 3 is 2.79 bits per heavy atom. The highest BCUT2D eigenvalue weighted by Crippen LogP contribution is 2.27. The summed E-state index contributed by atoms with van der Waals surface area (Å²) in [5.41, 5.74) is 5.68. The first-order valence-corrected chi connectivity index (χ1v) is 7.49. The van der Waals surface area contributed by atoms with E-state index in [2.05, 4.69) is 17.0 Å². The quantitative estimate of drug-likeness (QED) is 0.414. The highest BCUT2D eigenvalue weighted by Gasteiger charge is 2.47. The Hall–Kier alpha value is -2.01. The molecule has 0 aromatic carbocycles. The van der Waals surface area contributed by atoms with Gasteiger partial charge in [0.25, 0.3) is 5.91 Å². The normalized spacial score (nSPS) is 31.3. The van der Waals surface area contributed by atoms with Gasteiger partial charge in [0.05, 0.1) is 0 Å². The molecule has 2 aliphatic rings. The molecule has 0 aromatic rings. The minimum Gasteiger partial charge on any atom is -0.462 e. The molecule has 2 rings (SSSR count). The number of nitrogens with one attached hydrogen (secondary N) is 1. The number of carbonyl (C=O) groups is 2. The molecule has 2 aliphatic heterocycles. The van der Waals surface area contributed by atoms with Crippen molar-refractivity contribution in [2.75, 3.05) is 6.61 Å². The van der Waals surface area contributed by atoms with Crippen molar-refractivity contribution < 1.29 is 29.3 Å². The van der Waals surface area contributed by atoms with Gasteiger partial charge in [-0.25, -0.2) is 5.01 Å². The van der Waals surface area contributed by atoms with E-state index in [1.807, 2.05) is 0 Å². The van der Waals surface area contributed by atoms with Crippen LogP contribution < -0.4 is 11.1 Å². The monoisotopic (exact) mass is 342 g/mol. The minimum absolute atomic E-state index is 0.0956. The molecule has 0 saturated carbocycles. The Labute approximate surface area is 138 Å². The number of ether oxygens (including phenoxy) is 2. The van der Waals surface area contributed by atoms with Crippen molar-refractivity contribution in [3.8, 4) is 0 Å². The Morgan fingerprint density at radius 1 is 1.54 bits per heavy atom.